The van der Waals surface area contributed by atoms with Gasteiger partial charge in [0.05, 0.1) is 22.8 Å². The number of nitrogens with one attached hydrogen (secondary N) is 1. The maximum Gasteiger partial charge on any atom is 0.256 e. The predicted octanol–water partition coefficient (Wildman–Crippen LogP) is 4.76. The number of rotatable bonds is 5. The van der Waals surface area contributed by atoms with E-state index in [4.69, 9.17) is 27.9 Å². The van der Waals surface area contributed by atoms with Crippen LogP contribution in [0.5, 0.6) is 0 Å². The molecule has 180 valence electrons. The molecule has 0 radical (unpaired) electrons. The number of hydrogen-bond acceptors (Lipinski definition) is 4. The predicted molar refractivity (Wildman–Crippen MR) is 136 cm³/mol. The third-order valence-corrected chi connectivity index (χ3v) is 8.07. The lowest BCUT2D eigenvalue weighted by Crippen LogP contribution is -2.41. The number of amides is 1. The first-order chi connectivity index (χ1) is 16.4. The molecule has 0 spiro atoms. The summed E-state index contributed by atoms with van der Waals surface area (Å²) in [5, 5.41) is 1.02. The molecule has 3 heterocycles. The van der Waals surface area contributed by atoms with Gasteiger partial charge in [0.1, 0.15) is 0 Å². The van der Waals surface area contributed by atoms with Crippen molar-refractivity contribution in [1.82, 2.24) is 9.88 Å². The van der Waals surface area contributed by atoms with E-state index in [1.165, 1.54) is 0 Å². The van der Waals surface area contributed by atoms with Crippen LogP contribution in [0.25, 0.3) is 6.08 Å². The van der Waals surface area contributed by atoms with Crippen LogP contribution in [0.15, 0.2) is 16.9 Å². The number of carbonyl (C=O) groups excluding carboxylic acids is 1. The van der Waals surface area contributed by atoms with Crippen molar-refractivity contribution in [3.05, 3.63) is 66.1 Å². The maximum atomic E-state index is 13.7. The minimum atomic E-state index is -0.172. The Balaban J connectivity index is 1.51. The van der Waals surface area contributed by atoms with Gasteiger partial charge in [0.15, 0.2) is 0 Å². The van der Waals surface area contributed by atoms with Gasteiger partial charge >= 0.3 is 0 Å². The van der Waals surface area contributed by atoms with Gasteiger partial charge in [-0.1, -0.05) is 35.4 Å². The monoisotopic (exact) mass is 501 g/mol. The number of pyridine rings is 1. The molecule has 34 heavy (non-hydrogen) atoms. The number of ether oxygens (including phenoxy) is 1. The van der Waals surface area contributed by atoms with Crippen LogP contribution in [0.4, 0.5) is 5.69 Å². The minimum absolute atomic E-state index is 0.143. The zero-order chi connectivity index (χ0) is 24.0. The number of halogens is 2. The highest BCUT2D eigenvalue weighted by atomic mass is 35.5. The summed E-state index contributed by atoms with van der Waals surface area (Å²) in [7, 11) is 0. The fraction of sp³-hybridized carbons (Fsp3) is 0.462. The van der Waals surface area contributed by atoms with Gasteiger partial charge < -0.3 is 19.5 Å². The van der Waals surface area contributed by atoms with Crippen LogP contribution in [0, 0.1) is 6.92 Å². The number of nitrogens with zero attached hydrogens (tertiary/aromatic N) is 2. The van der Waals surface area contributed by atoms with E-state index in [1.807, 2.05) is 19.1 Å². The molecule has 1 aliphatic carbocycles. The highest BCUT2D eigenvalue weighted by Crippen LogP contribution is 2.41. The Morgan fingerprint density at radius 3 is 2.71 bits per heavy atom. The smallest absolute Gasteiger partial charge is 0.256 e. The van der Waals surface area contributed by atoms with Crippen molar-refractivity contribution in [1.29, 1.82) is 0 Å². The summed E-state index contributed by atoms with van der Waals surface area (Å²) in [6, 6.07) is 2.20. The molecular formula is C26H29Cl2N3O3. The molecular weight excluding hydrogens is 473 g/mol. The summed E-state index contributed by atoms with van der Waals surface area (Å²) >= 11 is 13.6. The van der Waals surface area contributed by atoms with Crippen LogP contribution in [0.2, 0.25) is 10.0 Å². The number of aryl methyl sites for hydroxylation is 1. The molecule has 0 unspecified atom stereocenters. The third-order valence-electron chi connectivity index (χ3n) is 7.35. The van der Waals surface area contributed by atoms with E-state index in [0.29, 0.717) is 53.4 Å². The van der Waals surface area contributed by atoms with Gasteiger partial charge in [-0.2, -0.15) is 0 Å². The van der Waals surface area contributed by atoms with Crippen molar-refractivity contribution in [2.24, 2.45) is 0 Å². The summed E-state index contributed by atoms with van der Waals surface area (Å²) in [6.07, 6.45) is 7.27. The molecule has 2 aromatic rings. The van der Waals surface area contributed by atoms with Crippen LogP contribution >= 0.6 is 23.2 Å². The molecule has 1 aromatic heterocycles. The molecule has 2 aliphatic heterocycles. The van der Waals surface area contributed by atoms with E-state index in [9.17, 15) is 9.59 Å². The highest BCUT2D eigenvalue weighted by molar-refractivity contribution is 6.39. The molecule has 1 amide bonds. The van der Waals surface area contributed by atoms with Crippen LogP contribution < -0.4 is 10.5 Å². The first-order valence-electron chi connectivity index (χ1n) is 12.0. The largest absolute Gasteiger partial charge is 0.381 e. The van der Waals surface area contributed by atoms with Crippen molar-refractivity contribution in [2.45, 2.75) is 52.1 Å². The van der Waals surface area contributed by atoms with Gasteiger partial charge in [0, 0.05) is 48.6 Å². The Labute approximate surface area is 209 Å². The number of anilines is 1. The van der Waals surface area contributed by atoms with Crippen LogP contribution in [0.1, 0.15) is 58.1 Å². The first-order valence-corrected chi connectivity index (χ1v) is 12.7. The Morgan fingerprint density at radius 2 is 1.97 bits per heavy atom. The quantitative estimate of drug-likeness (QED) is 0.640. The number of H-pyrrole nitrogens is 1. The van der Waals surface area contributed by atoms with E-state index in [1.54, 1.807) is 4.90 Å². The average Bonchev–Trinajstić information content (AvgIpc) is 3.32. The van der Waals surface area contributed by atoms with E-state index < -0.39 is 0 Å². The number of aromatic amines is 1. The lowest BCUT2D eigenvalue weighted by molar-refractivity contribution is 0.0726. The molecule has 1 fully saturated rings. The average molecular weight is 502 g/mol. The molecule has 5 rings (SSSR count). The summed E-state index contributed by atoms with van der Waals surface area (Å²) in [5.74, 6) is -0.172. The normalized spacial score (nSPS) is 17.8. The summed E-state index contributed by atoms with van der Waals surface area (Å²) in [4.78, 5) is 33.5. The van der Waals surface area contributed by atoms with E-state index in [-0.39, 0.29) is 18.0 Å². The fourth-order valence-corrected chi connectivity index (χ4v) is 6.19. The summed E-state index contributed by atoms with van der Waals surface area (Å²) < 4.78 is 5.53. The van der Waals surface area contributed by atoms with E-state index in [2.05, 4.69) is 22.9 Å². The topological polar surface area (TPSA) is 65.6 Å². The molecule has 0 bridgehead atoms. The second-order valence-corrected chi connectivity index (χ2v) is 9.99. The second-order valence-electron chi connectivity index (χ2n) is 9.21. The number of fused-ring (bicyclic) bond motifs is 2. The Hall–Kier alpha value is -2.28. The van der Waals surface area contributed by atoms with Crippen molar-refractivity contribution in [3.63, 3.8) is 0 Å². The molecule has 0 saturated carbocycles. The van der Waals surface area contributed by atoms with Gasteiger partial charge in [-0.3, -0.25) is 9.59 Å². The SMILES string of the molecule is CCN(c1cc(Cl)c2c(c1Cl)C(=O)N(Cc1c3c(c(C)[nH]c1=O)CC=C3)CC2)C1CCOCC1. The molecule has 0 atom stereocenters. The molecule has 1 saturated heterocycles. The van der Waals surface area contributed by atoms with Gasteiger partial charge in [-0.25, -0.2) is 0 Å². The van der Waals surface area contributed by atoms with Crippen molar-refractivity contribution in [2.75, 3.05) is 31.2 Å². The second kappa shape index (κ2) is 9.40. The lowest BCUT2D eigenvalue weighted by atomic mass is 9.95. The molecule has 6 nitrogen and oxygen atoms in total. The van der Waals surface area contributed by atoms with Gasteiger partial charge in [0.25, 0.3) is 11.5 Å². The number of aromatic nitrogens is 1. The molecule has 8 heteroatoms. The Morgan fingerprint density at radius 1 is 1.21 bits per heavy atom. The molecule has 3 aliphatic rings. The standard InChI is InChI=1S/C26H29Cl2N3O3/c1-3-31(16-8-11-34-12-9-16)22-13-21(27)19-7-10-30(26(33)23(19)24(22)28)14-20-18-6-4-5-17(18)15(2)29-25(20)32/h4,6,13,16H,3,5,7-12,14H2,1-2H3,(H,29,32). The van der Waals surface area contributed by atoms with Crippen LogP contribution in [0.3, 0.4) is 0 Å². The fourth-order valence-electron chi connectivity index (χ4n) is 5.54. The van der Waals surface area contributed by atoms with Crippen molar-refractivity contribution >= 4 is 40.9 Å². The highest BCUT2D eigenvalue weighted by Gasteiger charge is 2.33. The zero-order valence-corrected chi connectivity index (χ0v) is 21.1. The van der Waals surface area contributed by atoms with Crippen LogP contribution in [-0.2, 0) is 24.1 Å². The zero-order valence-electron chi connectivity index (χ0n) is 19.5. The lowest BCUT2D eigenvalue weighted by Gasteiger charge is -2.37. The molecule has 1 aromatic carbocycles. The van der Waals surface area contributed by atoms with Crippen molar-refractivity contribution < 1.29 is 9.53 Å². The van der Waals surface area contributed by atoms with Gasteiger partial charge in [-0.15, -0.1) is 0 Å². The maximum absolute atomic E-state index is 13.7. The Kier molecular flexibility index (Phi) is 6.49. The van der Waals surface area contributed by atoms with Gasteiger partial charge in [0.2, 0.25) is 0 Å². The Bertz CT molecular complexity index is 1230. The van der Waals surface area contributed by atoms with E-state index >= 15 is 0 Å². The number of benzene rings is 1. The van der Waals surface area contributed by atoms with Gasteiger partial charge in [-0.05, 0) is 62.3 Å². The number of allylic oxidation sites excluding steroid dienone is 1. The summed E-state index contributed by atoms with van der Waals surface area (Å²) in [5.41, 5.74) is 5.49. The van der Waals surface area contributed by atoms with Crippen LogP contribution in [-0.4, -0.2) is 48.1 Å². The molecule has 1 N–H and O–H groups in total. The minimum Gasteiger partial charge on any atom is -0.381 e. The number of hydrogen-bond donors (Lipinski definition) is 1. The summed E-state index contributed by atoms with van der Waals surface area (Å²) in [6.45, 7) is 6.93. The first kappa shape index (κ1) is 23.5. The number of carbonyl (C=O) groups is 1. The van der Waals surface area contributed by atoms with E-state index in [0.717, 1.165) is 53.9 Å². The van der Waals surface area contributed by atoms with Crippen molar-refractivity contribution in [3.8, 4) is 0 Å². The third kappa shape index (κ3) is 3.96.